The maximum atomic E-state index is 13.7. The Morgan fingerprint density at radius 2 is 1.65 bits per heavy atom. The van der Waals surface area contributed by atoms with Crippen molar-refractivity contribution in [2.75, 3.05) is 0 Å². The van der Waals surface area contributed by atoms with Crippen molar-refractivity contribution >= 4 is 57.4 Å². The molecule has 0 fully saturated rings. The molecule has 0 saturated carbocycles. The number of halogens is 5. The van der Waals surface area contributed by atoms with Gasteiger partial charge in [0.15, 0.2) is 5.82 Å². The molecule has 0 aliphatic heterocycles. The summed E-state index contributed by atoms with van der Waals surface area (Å²) in [6.45, 7) is 0. The molecular weight excluding hydrogens is 398 g/mol. The summed E-state index contributed by atoms with van der Waals surface area (Å²) < 4.78 is 14.4. The topological polar surface area (TPSA) is 12.9 Å². The van der Waals surface area contributed by atoms with E-state index < -0.39 is 5.82 Å². The molecule has 88 valence electrons. The van der Waals surface area contributed by atoms with Crippen molar-refractivity contribution in [3.8, 4) is 11.3 Å². The summed E-state index contributed by atoms with van der Waals surface area (Å²) in [5, 5.41) is 0.797. The third-order valence-electron chi connectivity index (χ3n) is 2.07. The summed E-state index contributed by atoms with van der Waals surface area (Å²) in [7, 11) is 0. The molecule has 0 amide bonds. The van der Waals surface area contributed by atoms with Crippen LogP contribution in [0.3, 0.4) is 0 Å². The van der Waals surface area contributed by atoms with Crippen molar-refractivity contribution in [2.45, 2.75) is 0 Å². The number of nitrogens with zero attached hydrogens (tertiary/aromatic N) is 1. The van der Waals surface area contributed by atoms with Crippen LogP contribution in [-0.4, -0.2) is 4.98 Å². The smallest absolute Gasteiger partial charge is 0.150 e. The van der Waals surface area contributed by atoms with Gasteiger partial charge in [0, 0.05) is 15.3 Å². The van der Waals surface area contributed by atoms with Gasteiger partial charge in [0.2, 0.25) is 0 Å². The molecule has 6 heteroatoms. The van der Waals surface area contributed by atoms with Crippen LogP contribution in [0.25, 0.3) is 11.3 Å². The second-order valence-electron chi connectivity index (χ2n) is 3.24. The second kappa shape index (κ2) is 5.26. The van der Waals surface area contributed by atoms with Gasteiger partial charge in [-0.1, -0.05) is 34.8 Å². The molecule has 1 nitrogen and oxygen atoms in total. The molecule has 0 unspecified atom stereocenters. The van der Waals surface area contributed by atoms with Crippen molar-refractivity contribution in [2.24, 2.45) is 0 Å². The highest BCUT2D eigenvalue weighted by molar-refractivity contribution is 14.1. The molecule has 0 bridgehead atoms. The largest absolute Gasteiger partial charge is 0.252 e. The van der Waals surface area contributed by atoms with E-state index in [1.165, 1.54) is 18.2 Å². The zero-order valence-electron chi connectivity index (χ0n) is 8.15. The molecule has 0 aliphatic carbocycles. The predicted molar refractivity (Wildman–Crippen MR) is 77.4 cm³/mol. The van der Waals surface area contributed by atoms with E-state index in [1.54, 1.807) is 6.20 Å². The molecule has 0 aliphatic rings. The monoisotopic (exact) mass is 401 g/mol. The summed E-state index contributed by atoms with van der Waals surface area (Å²) >= 11 is 19.6. The number of aromatic nitrogens is 1. The van der Waals surface area contributed by atoms with Gasteiger partial charge in [-0.3, -0.25) is 4.98 Å². The molecule has 0 saturated heterocycles. The first kappa shape index (κ1) is 13.3. The number of hydrogen-bond donors (Lipinski definition) is 0. The summed E-state index contributed by atoms with van der Waals surface area (Å²) in [5.41, 5.74) is 0.698. The fourth-order valence-electron chi connectivity index (χ4n) is 1.32. The van der Waals surface area contributed by atoms with Crippen LogP contribution in [0, 0.1) is 9.39 Å². The Bertz CT molecular complexity index is 566. The van der Waals surface area contributed by atoms with E-state index in [0.717, 1.165) is 3.57 Å². The van der Waals surface area contributed by atoms with Crippen LogP contribution in [0.4, 0.5) is 4.39 Å². The lowest BCUT2D eigenvalue weighted by atomic mass is 10.1. The highest BCUT2D eigenvalue weighted by atomic mass is 127. The molecule has 1 aromatic heterocycles. The van der Waals surface area contributed by atoms with E-state index in [0.29, 0.717) is 5.56 Å². The Hall–Kier alpha value is -0.100. The molecule has 17 heavy (non-hydrogen) atoms. The number of pyridine rings is 1. The number of benzene rings is 1. The second-order valence-corrected chi connectivity index (χ2v) is 5.68. The summed E-state index contributed by atoms with van der Waals surface area (Å²) in [5.74, 6) is -0.425. The maximum absolute atomic E-state index is 13.7. The Balaban J connectivity index is 2.61. The average molecular weight is 402 g/mol. The number of hydrogen-bond acceptors (Lipinski definition) is 1. The Kier molecular flexibility index (Phi) is 4.13. The summed E-state index contributed by atoms with van der Waals surface area (Å²) in [6.07, 6.45) is 1.56. The molecule has 2 rings (SSSR count). The Labute approximate surface area is 126 Å². The van der Waals surface area contributed by atoms with E-state index in [4.69, 9.17) is 34.8 Å². The zero-order valence-corrected chi connectivity index (χ0v) is 12.6. The van der Waals surface area contributed by atoms with Crippen molar-refractivity contribution in [3.05, 3.63) is 48.9 Å². The third-order valence-corrected chi connectivity index (χ3v) is 3.85. The predicted octanol–water partition coefficient (Wildman–Crippen LogP) is 5.45. The SMILES string of the molecule is Fc1cc(I)cnc1-c1cc(Cl)c(Cl)c(Cl)c1. The van der Waals surface area contributed by atoms with E-state index in [9.17, 15) is 4.39 Å². The highest BCUT2D eigenvalue weighted by Crippen LogP contribution is 2.35. The van der Waals surface area contributed by atoms with Gasteiger partial charge < -0.3 is 0 Å². The molecule has 1 heterocycles. The Morgan fingerprint density at radius 1 is 1.06 bits per heavy atom. The van der Waals surface area contributed by atoms with Gasteiger partial charge in [0.1, 0.15) is 5.69 Å². The third kappa shape index (κ3) is 2.84. The van der Waals surface area contributed by atoms with Crippen LogP contribution < -0.4 is 0 Å². The molecule has 1 aromatic carbocycles. The van der Waals surface area contributed by atoms with E-state index in [-0.39, 0.29) is 20.8 Å². The van der Waals surface area contributed by atoms with Crippen molar-refractivity contribution in [1.82, 2.24) is 4.98 Å². The first-order chi connectivity index (χ1) is 7.99. The molecule has 0 N–H and O–H groups in total. The van der Waals surface area contributed by atoms with Crippen LogP contribution in [-0.2, 0) is 0 Å². The van der Waals surface area contributed by atoms with E-state index in [2.05, 4.69) is 4.98 Å². The molecule has 0 radical (unpaired) electrons. The molecule has 0 atom stereocenters. The van der Waals surface area contributed by atoms with Gasteiger partial charge in [0.25, 0.3) is 0 Å². The standard InChI is InChI=1S/C11H4Cl3FIN/c12-7-1-5(2-8(13)10(7)14)11-9(15)3-6(16)4-17-11/h1-4H. The Morgan fingerprint density at radius 3 is 2.18 bits per heavy atom. The van der Waals surface area contributed by atoms with Crippen molar-refractivity contribution < 1.29 is 4.39 Å². The van der Waals surface area contributed by atoms with Crippen LogP contribution >= 0.6 is 57.4 Å². The lowest BCUT2D eigenvalue weighted by Gasteiger charge is -2.06. The van der Waals surface area contributed by atoms with Crippen LogP contribution in [0.1, 0.15) is 0 Å². The van der Waals surface area contributed by atoms with E-state index >= 15 is 0 Å². The molecule has 0 spiro atoms. The quantitative estimate of drug-likeness (QED) is 0.456. The average Bonchev–Trinajstić information content (AvgIpc) is 2.25. The van der Waals surface area contributed by atoms with Crippen LogP contribution in [0.5, 0.6) is 0 Å². The molecular formula is C11H4Cl3FIN. The normalized spacial score (nSPS) is 10.6. The lowest BCUT2D eigenvalue weighted by Crippen LogP contribution is -1.91. The number of rotatable bonds is 1. The minimum Gasteiger partial charge on any atom is -0.252 e. The van der Waals surface area contributed by atoms with Gasteiger partial charge in [-0.15, -0.1) is 0 Å². The van der Waals surface area contributed by atoms with Gasteiger partial charge in [-0.25, -0.2) is 4.39 Å². The van der Waals surface area contributed by atoms with Crippen molar-refractivity contribution in [3.63, 3.8) is 0 Å². The fourth-order valence-corrected chi connectivity index (χ4v) is 2.33. The fraction of sp³-hybridized carbons (Fsp3) is 0. The van der Waals surface area contributed by atoms with Crippen LogP contribution in [0.2, 0.25) is 15.1 Å². The van der Waals surface area contributed by atoms with Gasteiger partial charge in [0.05, 0.1) is 15.1 Å². The minimum atomic E-state index is -0.425. The lowest BCUT2D eigenvalue weighted by molar-refractivity contribution is 0.624. The van der Waals surface area contributed by atoms with Crippen LogP contribution in [0.15, 0.2) is 24.4 Å². The zero-order chi connectivity index (χ0) is 12.6. The highest BCUT2D eigenvalue weighted by Gasteiger charge is 2.12. The van der Waals surface area contributed by atoms with Gasteiger partial charge >= 0.3 is 0 Å². The first-order valence-corrected chi connectivity index (χ1v) is 6.66. The minimum absolute atomic E-state index is 0.200. The van der Waals surface area contributed by atoms with Gasteiger partial charge in [-0.2, -0.15) is 0 Å². The van der Waals surface area contributed by atoms with E-state index in [1.807, 2.05) is 22.6 Å². The summed E-state index contributed by atoms with van der Waals surface area (Å²) in [6, 6.07) is 4.46. The first-order valence-electron chi connectivity index (χ1n) is 4.45. The summed E-state index contributed by atoms with van der Waals surface area (Å²) in [4.78, 5) is 4.02. The van der Waals surface area contributed by atoms with Gasteiger partial charge in [-0.05, 0) is 40.8 Å². The maximum Gasteiger partial charge on any atom is 0.150 e. The molecule has 2 aromatic rings. The van der Waals surface area contributed by atoms with Crippen molar-refractivity contribution in [1.29, 1.82) is 0 Å².